The van der Waals surface area contributed by atoms with Crippen LogP contribution in [0.15, 0.2) is 52.9 Å². The molecule has 6 heteroatoms. The third-order valence-electron chi connectivity index (χ3n) is 4.06. The van der Waals surface area contributed by atoms with Crippen molar-refractivity contribution in [2.75, 3.05) is 12.9 Å². The maximum absolute atomic E-state index is 12.5. The van der Waals surface area contributed by atoms with Gasteiger partial charge in [-0.25, -0.2) is 4.98 Å². The number of amides is 1. The number of thiazole rings is 1. The third-order valence-corrected chi connectivity index (χ3v) is 6.24. The zero-order valence-electron chi connectivity index (χ0n) is 15.1. The first-order chi connectivity index (χ1) is 12.6. The highest BCUT2D eigenvalue weighted by Gasteiger charge is 2.19. The van der Waals surface area contributed by atoms with Crippen LogP contribution in [0.25, 0.3) is 10.2 Å². The van der Waals surface area contributed by atoms with Gasteiger partial charge in [0.2, 0.25) is 5.91 Å². The Labute approximate surface area is 162 Å². The average Bonchev–Trinajstić information content (AvgIpc) is 3.07. The number of hydrogen-bond donors (Lipinski definition) is 1. The Hall–Kier alpha value is -2.05. The molecular formula is C20H22N2O2S2. The highest BCUT2D eigenvalue weighted by molar-refractivity contribution is 8.01. The Kier molecular flexibility index (Phi) is 6.16. The number of thioether (sulfide) groups is 1. The Morgan fingerprint density at radius 3 is 2.58 bits per heavy atom. The molecule has 1 atom stereocenters. The van der Waals surface area contributed by atoms with Crippen molar-refractivity contribution in [2.45, 2.75) is 24.2 Å². The molecule has 136 valence electrons. The van der Waals surface area contributed by atoms with Crippen LogP contribution in [-0.2, 0) is 4.79 Å². The van der Waals surface area contributed by atoms with E-state index in [1.165, 1.54) is 11.8 Å². The molecule has 0 radical (unpaired) electrons. The number of methoxy groups -OCH3 is 1. The zero-order valence-corrected chi connectivity index (χ0v) is 16.7. The molecule has 1 heterocycles. The van der Waals surface area contributed by atoms with Gasteiger partial charge < -0.3 is 10.1 Å². The quantitative estimate of drug-likeness (QED) is 0.586. The van der Waals surface area contributed by atoms with E-state index in [9.17, 15) is 4.79 Å². The number of ether oxygens (including phenoxy) is 1. The van der Waals surface area contributed by atoms with Gasteiger partial charge in [0.15, 0.2) is 4.34 Å². The van der Waals surface area contributed by atoms with Crippen LogP contribution < -0.4 is 10.1 Å². The summed E-state index contributed by atoms with van der Waals surface area (Å²) in [7, 11) is 1.65. The predicted octanol–water partition coefficient (Wildman–Crippen LogP) is 4.91. The van der Waals surface area contributed by atoms with Gasteiger partial charge in [0.05, 0.1) is 29.1 Å². The van der Waals surface area contributed by atoms with Crippen molar-refractivity contribution in [2.24, 2.45) is 5.92 Å². The lowest BCUT2D eigenvalue weighted by Gasteiger charge is -2.23. The van der Waals surface area contributed by atoms with E-state index in [-0.39, 0.29) is 11.9 Å². The van der Waals surface area contributed by atoms with Crippen molar-refractivity contribution < 1.29 is 9.53 Å². The minimum Gasteiger partial charge on any atom is -0.497 e. The molecule has 0 saturated heterocycles. The minimum atomic E-state index is -0.0237. The van der Waals surface area contributed by atoms with E-state index in [0.29, 0.717) is 11.7 Å². The summed E-state index contributed by atoms with van der Waals surface area (Å²) in [6, 6.07) is 15.9. The second-order valence-corrected chi connectivity index (χ2v) is 8.55. The van der Waals surface area contributed by atoms with Gasteiger partial charge in [0, 0.05) is 0 Å². The number of para-hydroxylation sites is 1. The lowest BCUT2D eigenvalue weighted by Crippen LogP contribution is -2.32. The Bertz CT molecular complexity index is 842. The number of benzene rings is 2. The van der Waals surface area contributed by atoms with E-state index >= 15 is 0 Å². The van der Waals surface area contributed by atoms with Crippen molar-refractivity contribution in [3.05, 3.63) is 54.1 Å². The molecule has 0 bridgehead atoms. The predicted molar refractivity (Wildman–Crippen MR) is 109 cm³/mol. The van der Waals surface area contributed by atoms with Crippen LogP contribution in [0.2, 0.25) is 0 Å². The van der Waals surface area contributed by atoms with Gasteiger partial charge in [-0.15, -0.1) is 11.3 Å². The van der Waals surface area contributed by atoms with E-state index < -0.39 is 0 Å². The summed E-state index contributed by atoms with van der Waals surface area (Å²) in [5.74, 6) is 1.48. The van der Waals surface area contributed by atoms with Gasteiger partial charge in [-0.1, -0.05) is 49.9 Å². The molecule has 0 aliphatic heterocycles. The van der Waals surface area contributed by atoms with Crippen LogP contribution in [-0.4, -0.2) is 23.8 Å². The summed E-state index contributed by atoms with van der Waals surface area (Å²) >= 11 is 3.11. The highest BCUT2D eigenvalue weighted by atomic mass is 32.2. The van der Waals surface area contributed by atoms with Crippen molar-refractivity contribution in [3.8, 4) is 5.75 Å². The number of nitrogens with zero attached hydrogens (tertiary/aromatic N) is 1. The fourth-order valence-electron chi connectivity index (χ4n) is 2.70. The molecular weight excluding hydrogens is 364 g/mol. The Morgan fingerprint density at radius 2 is 1.92 bits per heavy atom. The van der Waals surface area contributed by atoms with Crippen LogP contribution in [0.4, 0.5) is 0 Å². The molecule has 0 aliphatic carbocycles. The standard InChI is InChI=1S/C20H22N2O2S2/c1-13(2)19(14-8-10-15(24-3)11-9-14)22-18(23)12-25-20-21-16-6-4-5-7-17(16)26-20/h4-11,13,19H,12H2,1-3H3,(H,22,23). The topological polar surface area (TPSA) is 51.2 Å². The number of carbonyl (C=O) groups is 1. The molecule has 4 nitrogen and oxygen atoms in total. The highest BCUT2D eigenvalue weighted by Crippen LogP contribution is 2.29. The summed E-state index contributed by atoms with van der Waals surface area (Å²) in [5.41, 5.74) is 2.07. The lowest BCUT2D eigenvalue weighted by atomic mass is 9.96. The molecule has 1 N–H and O–H groups in total. The Morgan fingerprint density at radius 1 is 1.19 bits per heavy atom. The summed E-state index contributed by atoms with van der Waals surface area (Å²) in [6.07, 6.45) is 0. The second kappa shape index (κ2) is 8.56. The lowest BCUT2D eigenvalue weighted by molar-refractivity contribution is -0.119. The molecule has 0 fully saturated rings. The average molecular weight is 387 g/mol. The third kappa shape index (κ3) is 4.56. The summed E-state index contributed by atoms with van der Waals surface area (Å²) < 4.78 is 7.28. The molecule has 1 amide bonds. The maximum atomic E-state index is 12.5. The zero-order chi connectivity index (χ0) is 18.5. The van der Waals surface area contributed by atoms with Crippen molar-refractivity contribution in [1.82, 2.24) is 10.3 Å². The summed E-state index contributed by atoms with van der Waals surface area (Å²) in [6.45, 7) is 4.21. The van der Waals surface area contributed by atoms with E-state index in [1.54, 1.807) is 18.4 Å². The largest absolute Gasteiger partial charge is 0.497 e. The monoisotopic (exact) mass is 386 g/mol. The number of hydrogen-bond acceptors (Lipinski definition) is 5. The normalized spacial score (nSPS) is 12.3. The van der Waals surface area contributed by atoms with E-state index in [4.69, 9.17) is 4.74 Å². The first-order valence-electron chi connectivity index (χ1n) is 8.48. The molecule has 0 spiro atoms. The van der Waals surface area contributed by atoms with Gasteiger partial charge in [0.1, 0.15) is 5.75 Å². The van der Waals surface area contributed by atoms with Gasteiger partial charge in [-0.2, -0.15) is 0 Å². The molecule has 3 aromatic rings. The van der Waals surface area contributed by atoms with Crippen molar-refractivity contribution in [1.29, 1.82) is 0 Å². The minimum absolute atomic E-state index is 0.0174. The number of nitrogens with one attached hydrogen (secondary N) is 1. The van der Waals surface area contributed by atoms with Crippen LogP contribution in [0.3, 0.4) is 0 Å². The van der Waals surface area contributed by atoms with E-state index in [2.05, 4.69) is 30.2 Å². The summed E-state index contributed by atoms with van der Waals surface area (Å²) in [4.78, 5) is 17.0. The van der Waals surface area contributed by atoms with Crippen molar-refractivity contribution in [3.63, 3.8) is 0 Å². The molecule has 2 aromatic carbocycles. The number of fused-ring (bicyclic) bond motifs is 1. The molecule has 0 aliphatic rings. The molecule has 1 aromatic heterocycles. The second-order valence-electron chi connectivity index (χ2n) is 6.30. The van der Waals surface area contributed by atoms with E-state index in [0.717, 1.165) is 25.9 Å². The Balaban J connectivity index is 1.62. The number of carbonyl (C=O) groups excluding carboxylic acids is 1. The molecule has 0 saturated carbocycles. The maximum Gasteiger partial charge on any atom is 0.230 e. The van der Waals surface area contributed by atoms with Crippen LogP contribution in [0.5, 0.6) is 5.75 Å². The smallest absolute Gasteiger partial charge is 0.230 e. The van der Waals surface area contributed by atoms with Gasteiger partial charge in [-0.05, 0) is 35.7 Å². The van der Waals surface area contributed by atoms with E-state index in [1.807, 2.05) is 42.5 Å². The fraction of sp³-hybridized carbons (Fsp3) is 0.300. The summed E-state index contributed by atoms with van der Waals surface area (Å²) in [5, 5.41) is 3.15. The van der Waals surface area contributed by atoms with Crippen LogP contribution >= 0.6 is 23.1 Å². The van der Waals surface area contributed by atoms with Crippen LogP contribution in [0, 0.1) is 5.92 Å². The van der Waals surface area contributed by atoms with Crippen molar-refractivity contribution >= 4 is 39.2 Å². The first kappa shape index (κ1) is 18.7. The molecule has 3 rings (SSSR count). The van der Waals surface area contributed by atoms with Crippen LogP contribution in [0.1, 0.15) is 25.5 Å². The van der Waals surface area contributed by atoms with Gasteiger partial charge in [-0.3, -0.25) is 4.79 Å². The molecule has 1 unspecified atom stereocenters. The fourth-order valence-corrected chi connectivity index (χ4v) is 4.58. The molecule has 26 heavy (non-hydrogen) atoms. The number of rotatable bonds is 7. The first-order valence-corrected chi connectivity index (χ1v) is 10.3. The number of aromatic nitrogens is 1. The SMILES string of the molecule is COc1ccc(C(NC(=O)CSc2nc3ccccc3s2)C(C)C)cc1. The van der Waals surface area contributed by atoms with Gasteiger partial charge >= 0.3 is 0 Å². The van der Waals surface area contributed by atoms with Gasteiger partial charge in [0.25, 0.3) is 0 Å².